The Morgan fingerprint density at radius 3 is 3.00 bits per heavy atom. The number of hydrogen-bond donors (Lipinski definition) is 2. The van der Waals surface area contributed by atoms with E-state index in [1.54, 1.807) is 11.3 Å². The zero-order valence-electron chi connectivity index (χ0n) is 9.99. The number of hydrogen-bond acceptors (Lipinski definition) is 6. The van der Waals surface area contributed by atoms with Gasteiger partial charge in [0, 0.05) is 4.88 Å². The normalized spacial score (nSPS) is 11.0. The predicted molar refractivity (Wildman–Crippen MR) is 76.4 cm³/mol. The van der Waals surface area contributed by atoms with Gasteiger partial charge in [-0.1, -0.05) is 6.92 Å². The van der Waals surface area contributed by atoms with E-state index in [-0.39, 0.29) is 0 Å². The number of nitrogens with two attached hydrogens (primary N) is 1. The molecule has 0 spiro atoms. The predicted octanol–water partition coefficient (Wildman–Crippen LogP) is 2.93. The Balaban J connectivity index is 2.31. The van der Waals surface area contributed by atoms with Crippen molar-refractivity contribution in [2.75, 3.05) is 11.2 Å². The molecule has 0 aromatic carbocycles. The Morgan fingerprint density at radius 2 is 2.29 bits per heavy atom. The van der Waals surface area contributed by atoms with Gasteiger partial charge in [0.15, 0.2) is 5.82 Å². The fourth-order valence-corrected chi connectivity index (χ4v) is 3.21. The first-order valence-electron chi connectivity index (χ1n) is 5.56. The van der Waals surface area contributed by atoms with Crippen LogP contribution in [0, 0.1) is 6.92 Å². The van der Waals surface area contributed by atoms with Crippen LogP contribution in [0.4, 0.5) is 5.82 Å². The van der Waals surface area contributed by atoms with Crippen molar-refractivity contribution in [3.63, 3.8) is 0 Å². The zero-order valence-corrected chi connectivity index (χ0v) is 11.6. The summed E-state index contributed by atoms with van der Waals surface area (Å²) in [5, 5.41) is 1.01. The number of nitrogens with one attached hydrogen (secondary N) is 1. The van der Waals surface area contributed by atoms with Crippen molar-refractivity contribution in [3.05, 3.63) is 16.8 Å². The molecule has 0 atom stereocenters. The van der Waals surface area contributed by atoms with E-state index in [2.05, 4.69) is 35.3 Å². The van der Waals surface area contributed by atoms with Crippen molar-refractivity contribution in [1.29, 1.82) is 0 Å². The average Bonchev–Trinajstić information content (AvgIpc) is 2.68. The summed E-state index contributed by atoms with van der Waals surface area (Å²) in [6.45, 7) is 4.24. The SMILES string of the molecule is CCCSCc1nc(NN)c2cc(C)sc2n1. The van der Waals surface area contributed by atoms with Crippen LogP contribution in [0.3, 0.4) is 0 Å². The Bertz CT molecular complexity index is 509. The molecule has 0 fully saturated rings. The smallest absolute Gasteiger partial charge is 0.152 e. The van der Waals surface area contributed by atoms with E-state index in [1.807, 2.05) is 11.8 Å². The van der Waals surface area contributed by atoms with Gasteiger partial charge >= 0.3 is 0 Å². The van der Waals surface area contributed by atoms with Crippen LogP contribution in [0.1, 0.15) is 24.0 Å². The lowest BCUT2D eigenvalue weighted by Gasteiger charge is -2.04. The molecule has 2 heterocycles. The van der Waals surface area contributed by atoms with Gasteiger partial charge in [-0.15, -0.1) is 11.3 Å². The van der Waals surface area contributed by atoms with E-state index < -0.39 is 0 Å². The molecule has 0 amide bonds. The van der Waals surface area contributed by atoms with Gasteiger partial charge in [-0.3, -0.25) is 0 Å². The molecule has 4 nitrogen and oxygen atoms in total. The van der Waals surface area contributed by atoms with Gasteiger partial charge in [0.1, 0.15) is 10.7 Å². The van der Waals surface area contributed by atoms with Crippen LogP contribution in [0.25, 0.3) is 10.2 Å². The molecule has 2 rings (SSSR count). The Morgan fingerprint density at radius 1 is 1.47 bits per heavy atom. The molecule has 0 saturated heterocycles. The number of rotatable bonds is 5. The second kappa shape index (κ2) is 5.66. The minimum Gasteiger partial charge on any atom is -0.308 e. The maximum atomic E-state index is 5.51. The third-order valence-electron chi connectivity index (χ3n) is 2.28. The lowest BCUT2D eigenvalue weighted by Crippen LogP contribution is -2.10. The summed E-state index contributed by atoms with van der Waals surface area (Å²) in [5.74, 6) is 9.07. The van der Waals surface area contributed by atoms with Gasteiger partial charge < -0.3 is 5.43 Å². The molecule has 0 aliphatic carbocycles. The summed E-state index contributed by atoms with van der Waals surface area (Å²) in [4.78, 5) is 11.2. The Labute approximate surface area is 109 Å². The van der Waals surface area contributed by atoms with Gasteiger partial charge in [0.25, 0.3) is 0 Å². The topological polar surface area (TPSA) is 63.8 Å². The number of hydrazine groups is 1. The first kappa shape index (κ1) is 12.6. The Kier molecular flexibility index (Phi) is 4.20. The molecule has 0 saturated carbocycles. The molecule has 3 N–H and O–H groups in total. The second-order valence-corrected chi connectivity index (χ2v) is 6.10. The van der Waals surface area contributed by atoms with Crippen molar-refractivity contribution < 1.29 is 0 Å². The largest absolute Gasteiger partial charge is 0.308 e. The highest BCUT2D eigenvalue weighted by molar-refractivity contribution is 7.98. The number of aryl methyl sites for hydroxylation is 1. The number of fused-ring (bicyclic) bond motifs is 1. The van der Waals surface area contributed by atoms with Crippen LogP contribution in [0.5, 0.6) is 0 Å². The maximum absolute atomic E-state index is 5.51. The fourth-order valence-electron chi connectivity index (χ4n) is 1.57. The van der Waals surface area contributed by atoms with E-state index in [9.17, 15) is 0 Å². The number of aromatic nitrogens is 2. The molecule has 0 unspecified atom stereocenters. The summed E-state index contributed by atoms with van der Waals surface area (Å²) >= 11 is 3.53. The summed E-state index contributed by atoms with van der Waals surface area (Å²) in [6, 6.07) is 2.07. The van der Waals surface area contributed by atoms with Gasteiger partial charge in [0.05, 0.1) is 11.1 Å². The van der Waals surface area contributed by atoms with E-state index in [0.717, 1.165) is 33.4 Å². The van der Waals surface area contributed by atoms with E-state index in [1.165, 1.54) is 11.3 Å². The number of anilines is 1. The molecule has 0 bridgehead atoms. The van der Waals surface area contributed by atoms with Crippen LogP contribution in [-0.2, 0) is 5.75 Å². The summed E-state index contributed by atoms with van der Waals surface area (Å²) in [6.07, 6.45) is 1.17. The average molecular weight is 268 g/mol. The standard InChI is InChI=1S/C11H16N4S2/c1-3-4-16-6-9-13-10(15-12)8-5-7(2)17-11(8)14-9/h5H,3-4,6,12H2,1-2H3,(H,13,14,15). The molecule has 2 aromatic heterocycles. The molecular weight excluding hydrogens is 252 g/mol. The van der Waals surface area contributed by atoms with Gasteiger partial charge in [-0.05, 0) is 25.2 Å². The molecule has 0 aliphatic heterocycles. The monoisotopic (exact) mass is 268 g/mol. The van der Waals surface area contributed by atoms with Crippen molar-refractivity contribution in [1.82, 2.24) is 9.97 Å². The van der Waals surface area contributed by atoms with Crippen LogP contribution in [0.2, 0.25) is 0 Å². The van der Waals surface area contributed by atoms with Crippen molar-refractivity contribution in [2.24, 2.45) is 5.84 Å². The van der Waals surface area contributed by atoms with E-state index in [4.69, 9.17) is 5.84 Å². The van der Waals surface area contributed by atoms with Crippen LogP contribution >= 0.6 is 23.1 Å². The molecule has 17 heavy (non-hydrogen) atoms. The molecule has 6 heteroatoms. The molecule has 92 valence electrons. The third kappa shape index (κ3) is 2.88. The van der Waals surface area contributed by atoms with Gasteiger partial charge in [0.2, 0.25) is 0 Å². The van der Waals surface area contributed by atoms with Crippen molar-refractivity contribution in [2.45, 2.75) is 26.0 Å². The molecule has 2 aromatic rings. The second-order valence-electron chi connectivity index (χ2n) is 3.76. The molecular formula is C11H16N4S2. The number of thioether (sulfide) groups is 1. The number of nitrogen functional groups attached to an aromatic ring is 1. The van der Waals surface area contributed by atoms with Gasteiger partial charge in [-0.25, -0.2) is 15.8 Å². The minimum absolute atomic E-state index is 0.728. The highest BCUT2D eigenvalue weighted by Gasteiger charge is 2.09. The van der Waals surface area contributed by atoms with Crippen LogP contribution < -0.4 is 11.3 Å². The number of nitrogens with zero attached hydrogens (tertiary/aromatic N) is 2. The first-order valence-corrected chi connectivity index (χ1v) is 7.53. The lowest BCUT2D eigenvalue weighted by atomic mass is 10.3. The number of thiophene rings is 1. The quantitative estimate of drug-likeness (QED) is 0.496. The van der Waals surface area contributed by atoms with Crippen molar-refractivity contribution in [3.8, 4) is 0 Å². The highest BCUT2D eigenvalue weighted by Crippen LogP contribution is 2.28. The van der Waals surface area contributed by atoms with E-state index >= 15 is 0 Å². The Hall–Kier alpha value is -0.850. The third-order valence-corrected chi connectivity index (χ3v) is 4.38. The zero-order chi connectivity index (χ0) is 12.3. The summed E-state index contributed by atoms with van der Waals surface area (Å²) in [7, 11) is 0. The molecule has 0 radical (unpaired) electrons. The lowest BCUT2D eigenvalue weighted by molar-refractivity contribution is 1.05. The van der Waals surface area contributed by atoms with Gasteiger partial charge in [-0.2, -0.15) is 11.8 Å². The maximum Gasteiger partial charge on any atom is 0.152 e. The van der Waals surface area contributed by atoms with Crippen LogP contribution in [-0.4, -0.2) is 15.7 Å². The first-order chi connectivity index (χ1) is 8.24. The van der Waals surface area contributed by atoms with Crippen molar-refractivity contribution >= 4 is 39.1 Å². The van der Waals surface area contributed by atoms with E-state index in [0.29, 0.717) is 0 Å². The van der Waals surface area contributed by atoms with Crippen LogP contribution in [0.15, 0.2) is 6.07 Å². The highest BCUT2D eigenvalue weighted by atomic mass is 32.2. The summed E-state index contributed by atoms with van der Waals surface area (Å²) in [5.41, 5.74) is 2.66. The fraction of sp³-hybridized carbons (Fsp3) is 0.455. The molecule has 0 aliphatic rings. The summed E-state index contributed by atoms with van der Waals surface area (Å²) < 4.78 is 0. The minimum atomic E-state index is 0.728.